The monoisotopic (exact) mass is 180 g/mol. The fourth-order valence-electron chi connectivity index (χ4n) is 1.15. The Labute approximate surface area is 78.6 Å². The van der Waals surface area contributed by atoms with Gasteiger partial charge in [-0.2, -0.15) is 0 Å². The molecule has 0 aliphatic carbocycles. The van der Waals surface area contributed by atoms with E-state index in [0.29, 0.717) is 13.1 Å². The second-order valence-electron chi connectivity index (χ2n) is 2.94. The van der Waals surface area contributed by atoms with Crippen molar-refractivity contribution in [2.24, 2.45) is 5.73 Å². The molecule has 0 saturated heterocycles. The lowest BCUT2D eigenvalue weighted by molar-refractivity contribution is 0.291. The minimum atomic E-state index is 0.00718. The van der Waals surface area contributed by atoms with Gasteiger partial charge in [-0.1, -0.05) is 30.3 Å². The highest BCUT2D eigenvalue weighted by atomic mass is 16.3. The molecule has 0 bridgehead atoms. The number of benzene rings is 1. The van der Waals surface area contributed by atoms with Gasteiger partial charge in [0.15, 0.2) is 0 Å². The first-order valence-corrected chi connectivity index (χ1v) is 4.46. The SMILES string of the molecule is N[C@@H](CNCCO)c1ccccc1. The highest BCUT2D eigenvalue weighted by Crippen LogP contribution is 2.07. The Bertz CT molecular complexity index is 226. The number of rotatable bonds is 5. The first kappa shape index (κ1) is 10.2. The van der Waals surface area contributed by atoms with Gasteiger partial charge in [0.1, 0.15) is 0 Å². The lowest BCUT2D eigenvalue weighted by atomic mass is 10.1. The second kappa shape index (κ2) is 5.70. The third-order valence-electron chi connectivity index (χ3n) is 1.88. The molecule has 0 aromatic heterocycles. The zero-order valence-corrected chi connectivity index (χ0v) is 7.61. The topological polar surface area (TPSA) is 58.3 Å². The lowest BCUT2D eigenvalue weighted by Crippen LogP contribution is -2.28. The van der Waals surface area contributed by atoms with Crippen LogP contribution in [-0.2, 0) is 0 Å². The summed E-state index contributed by atoms with van der Waals surface area (Å²) in [5, 5.41) is 11.6. The number of hydrogen-bond acceptors (Lipinski definition) is 3. The van der Waals surface area contributed by atoms with Crippen molar-refractivity contribution in [3.8, 4) is 0 Å². The average Bonchev–Trinajstić information content (AvgIpc) is 2.19. The van der Waals surface area contributed by atoms with E-state index in [1.165, 1.54) is 0 Å². The van der Waals surface area contributed by atoms with Crippen LogP contribution < -0.4 is 11.1 Å². The normalized spacial score (nSPS) is 12.8. The van der Waals surface area contributed by atoms with E-state index in [9.17, 15) is 0 Å². The molecule has 1 aromatic rings. The van der Waals surface area contributed by atoms with Crippen LogP contribution in [0.4, 0.5) is 0 Å². The first-order chi connectivity index (χ1) is 6.34. The molecule has 0 unspecified atom stereocenters. The maximum atomic E-state index is 8.55. The molecule has 3 heteroatoms. The van der Waals surface area contributed by atoms with Crippen LogP contribution in [0.3, 0.4) is 0 Å². The minimum absolute atomic E-state index is 0.00718. The maximum absolute atomic E-state index is 8.55. The summed E-state index contributed by atoms with van der Waals surface area (Å²) in [4.78, 5) is 0. The van der Waals surface area contributed by atoms with Gasteiger partial charge in [0, 0.05) is 19.1 Å². The predicted molar refractivity (Wildman–Crippen MR) is 53.3 cm³/mol. The van der Waals surface area contributed by atoms with Crippen molar-refractivity contribution in [2.75, 3.05) is 19.7 Å². The van der Waals surface area contributed by atoms with Crippen molar-refractivity contribution in [3.63, 3.8) is 0 Å². The molecule has 3 nitrogen and oxygen atoms in total. The smallest absolute Gasteiger partial charge is 0.0555 e. The van der Waals surface area contributed by atoms with E-state index in [2.05, 4.69) is 5.32 Å². The Kier molecular flexibility index (Phi) is 4.46. The number of nitrogens with two attached hydrogens (primary N) is 1. The van der Waals surface area contributed by atoms with Crippen LogP contribution in [0.2, 0.25) is 0 Å². The number of aliphatic hydroxyl groups is 1. The third-order valence-corrected chi connectivity index (χ3v) is 1.88. The highest BCUT2D eigenvalue weighted by molar-refractivity contribution is 5.18. The molecule has 13 heavy (non-hydrogen) atoms. The summed E-state index contributed by atoms with van der Waals surface area (Å²) in [6, 6.07) is 9.93. The van der Waals surface area contributed by atoms with Crippen LogP contribution >= 0.6 is 0 Å². The van der Waals surface area contributed by atoms with Gasteiger partial charge < -0.3 is 16.2 Å². The molecule has 0 radical (unpaired) electrons. The summed E-state index contributed by atoms with van der Waals surface area (Å²) < 4.78 is 0. The van der Waals surface area contributed by atoms with E-state index in [1.54, 1.807) is 0 Å². The van der Waals surface area contributed by atoms with Gasteiger partial charge in [-0.05, 0) is 5.56 Å². The van der Waals surface area contributed by atoms with Gasteiger partial charge in [-0.25, -0.2) is 0 Å². The Morgan fingerprint density at radius 2 is 2.00 bits per heavy atom. The molecular formula is C10H16N2O. The van der Waals surface area contributed by atoms with Crippen LogP contribution in [0.1, 0.15) is 11.6 Å². The van der Waals surface area contributed by atoms with Crippen LogP contribution in [0.15, 0.2) is 30.3 Å². The van der Waals surface area contributed by atoms with Gasteiger partial charge in [0.05, 0.1) is 6.61 Å². The molecule has 0 aliphatic rings. The number of nitrogens with one attached hydrogen (secondary N) is 1. The van der Waals surface area contributed by atoms with Gasteiger partial charge >= 0.3 is 0 Å². The van der Waals surface area contributed by atoms with Crippen LogP contribution in [0.5, 0.6) is 0 Å². The Morgan fingerprint density at radius 3 is 2.62 bits per heavy atom. The number of aliphatic hydroxyl groups excluding tert-OH is 1. The van der Waals surface area contributed by atoms with Gasteiger partial charge in [0.25, 0.3) is 0 Å². The highest BCUT2D eigenvalue weighted by Gasteiger charge is 2.02. The first-order valence-electron chi connectivity index (χ1n) is 4.46. The van der Waals surface area contributed by atoms with E-state index < -0.39 is 0 Å². The van der Waals surface area contributed by atoms with Gasteiger partial charge in [-0.3, -0.25) is 0 Å². The van der Waals surface area contributed by atoms with Crippen molar-refractivity contribution in [1.82, 2.24) is 5.32 Å². The summed E-state index contributed by atoms with van der Waals surface area (Å²) in [5.41, 5.74) is 7.01. The summed E-state index contributed by atoms with van der Waals surface area (Å²) in [6.07, 6.45) is 0. The molecule has 1 aromatic carbocycles. The van der Waals surface area contributed by atoms with Gasteiger partial charge in [-0.15, -0.1) is 0 Å². The molecule has 0 aliphatic heterocycles. The molecule has 4 N–H and O–H groups in total. The zero-order valence-electron chi connectivity index (χ0n) is 7.61. The largest absolute Gasteiger partial charge is 0.395 e. The number of hydrogen-bond donors (Lipinski definition) is 3. The molecule has 72 valence electrons. The molecule has 0 saturated carbocycles. The molecule has 1 atom stereocenters. The Morgan fingerprint density at radius 1 is 1.31 bits per heavy atom. The quantitative estimate of drug-likeness (QED) is 0.570. The van der Waals surface area contributed by atoms with Crippen LogP contribution in [0, 0.1) is 0 Å². The van der Waals surface area contributed by atoms with Crippen LogP contribution in [0.25, 0.3) is 0 Å². The summed E-state index contributed by atoms with van der Waals surface area (Å²) in [6.45, 7) is 1.45. The Hall–Kier alpha value is -0.900. The average molecular weight is 180 g/mol. The predicted octanol–water partition coefficient (Wildman–Crippen LogP) is 0.268. The fraction of sp³-hybridized carbons (Fsp3) is 0.400. The van der Waals surface area contributed by atoms with Crippen LogP contribution in [-0.4, -0.2) is 24.8 Å². The van der Waals surface area contributed by atoms with Crippen molar-refractivity contribution >= 4 is 0 Å². The summed E-state index contributed by atoms with van der Waals surface area (Å²) >= 11 is 0. The Balaban J connectivity index is 2.35. The summed E-state index contributed by atoms with van der Waals surface area (Å²) in [5.74, 6) is 0. The second-order valence-corrected chi connectivity index (χ2v) is 2.94. The summed E-state index contributed by atoms with van der Waals surface area (Å²) in [7, 11) is 0. The van der Waals surface area contributed by atoms with Gasteiger partial charge in [0.2, 0.25) is 0 Å². The lowest BCUT2D eigenvalue weighted by Gasteiger charge is -2.12. The van der Waals surface area contributed by atoms with Crippen molar-refractivity contribution in [2.45, 2.75) is 6.04 Å². The molecule has 0 fully saturated rings. The molecule has 0 heterocycles. The van der Waals surface area contributed by atoms with E-state index in [4.69, 9.17) is 10.8 Å². The maximum Gasteiger partial charge on any atom is 0.0555 e. The van der Waals surface area contributed by atoms with E-state index in [1.807, 2.05) is 30.3 Å². The fourth-order valence-corrected chi connectivity index (χ4v) is 1.15. The van der Waals surface area contributed by atoms with Crippen molar-refractivity contribution in [1.29, 1.82) is 0 Å². The molecular weight excluding hydrogens is 164 g/mol. The molecule has 0 amide bonds. The van der Waals surface area contributed by atoms with E-state index in [0.717, 1.165) is 5.56 Å². The zero-order chi connectivity index (χ0) is 9.52. The minimum Gasteiger partial charge on any atom is -0.395 e. The van der Waals surface area contributed by atoms with Crippen molar-refractivity contribution < 1.29 is 5.11 Å². The van der Waals surface area contributed by atoms with Crippen molar-refractivity contribution in [3.05, 3.63) is 35.9 Å². The standard InChI is InChI=1S/C10H16N2O/c11-10(8-12-6-7-13)9-4-2-1-3-5-9/h1-5,10,12-13H,6-8,11H2/t10-/m0/s1. The third kappa shape index (κ3) is 3.55. The molecule has 1 rings (SSSR count). The van der Waals surface area contributed by atoms with E-state index >= 15 is 0 Å². The van der Waals surface area contributed by atoms with E-state index in [-0.39, 0.29) is 12.6 Å². The molecule has 0 spiro atoms.